The van der Waals surface area contributed by atoms with Gasteiger partial charge in [0, 0.05) is 6.21 Å². The SMILES string of the molecule is C=C(Cc1cc(C#N)ccc1N=CC)CC1(C)CC2(CCC13CC3)CO2. The summed E-state index contributed by atoms with van der Waals surface area (Å²) in [6, 6.07) is 7.99. The molecule has 1 saturated heterocycles. The third-order valence-electron chi connectivity index (χ3n) is 7.02. The lowest BCUT2D eigenvalue weighted by Gasteiger charge is -2.45. The summed E-state index contributed by atoms with van der Waals surface area (Å²) in [7, 11) is 0. The smallest absolute Gasteiger partial charge is 0.0991 e. The lowest BCUT2D eigenvalue weighted by atomic mass is 9.59. The number of nitrogens with zero attached hydrogens (tertiary/aromatic N) is 2. The van der Waals surface area contributed by atoms with Gasteiger partial charge in [-0.05, 0) is 86.5 Å². The van der Waals surface area contributed by atoms with Crippen LogP contribution in [0.3, 0.4) is 0 Å². The van der Waals surface area contributed by atoms with Crippen molar-refractivity contribution in [1.82, 2.24) is 0 Å². The van der Waals surface area contributed by atoms with Crippen LogP contribution in [0, 0.1) is 22.2 Å². The molecule has 3 heteroatoms. The number of benzene rings is 1. The largest absolute Gasteiger partial charge is 0.370 e. The summed E-state index contributed by atoms with van der Waals surface area (Å²) in [5.41, 5.74) is 4.99. The van der Waals surface area contributed by atoms with Crippen LogP contribution in [0.2, 0.25) is 0 Å². The molecule has 0 amide bonds. The maximum absolute atomic E-state index is 9.24. The fraction of sp³-hybridized carbons (Fsp3) is 0.565. The molecule has 1 aromatic carbocycles. The monoisotopic (exact) mass is 348 g/mol. The first-order valence-corrected chi connectivity index (χ1v) is 9.76. The molecule has 1 aromatic rings. The molecule has 0 bridgehead atoms. The van der Waals surface area contributed by atoms with E-state index in [4.69, 9.17) is 4.74 Å². The Morgan fingerprint density at radius 1 is 1.35 bits per heavy atom. The standard InChI is InChI=1S/C23H28N2O/c1-4-25-20-6-5-18(14-24)12-19(20)11-17(2)13-21(3)15-23(16-26-23)10-9-22(21)7-8-22/h4-6,12H,2,7-11,13,15-16H2,1,3H3. The molecule has 2 spiro atoms. The van der Waals surface area contributed by atoms with Gasteiger partial charge in [-0.1, -0.05) is 19.1 Å². The van der Waals surface area contributed by atoms with Crippen LogP contribution in [0.5, 0.6) is 0 Å². The van der Waals surface area contributed by atoms with Crippen molar-refractivity contribution in [3.63, 3.8) is 0 Å². The second kappa shape index (κ2) is 6.06. The van der Waals surface area contributed by atoms with Gasteiger partial charge in [0.1, 0.15) is 0 Å². The summed E-state index contributed by atoms with van der Waals surface area (Å²) in [5.74, 6) is 0. The zero-order chi connectivity index (χ0) is 18.4. The van der Waals surface area contributed by atoms with Crippen molar-refractivity contribution in [2.75, 3.05) is 6.61 Å². The molecule has 0 aromatic heterocycles. The molecule has 2 aliphatic carbocycles. The summed E-state index contributed by atoms with van der Waals surface area (Å²) in [4.78, 5) is 4.48. The van der Waals surface area contributed by atoms with Gasteiger partial charge >= 0.3 is 0 Å². The number of ether oxygens (including phenoxy) is 1. The van der Waals surface area contributed by atoms with E-state index in [9.17, 15) is 5.26 Å². The maximum Gasteiger partial charge on any atom is 0.0991 e. The van der Waals surface area contributed by atoms with Crippen LogP contribution in [0.15, 0.2) is 35.3 Å². The van der Waals surface area contributed by atoms with Gasteiger partial charge in [-0.3, -0.25) is 4.99 Å². The normalized spacial score (nSPS) is 31.3. The van der Waals surface area contributed by atoms with Crippen LogP contribution in [0.4, 0.5) is 5.69 Å². The van der Waals surface area contributed by atoms with E-state index >= 15 is 0 Å². The Morgan fingerprint density at radius 3 is 2.69 bits per heavy atom. The molecule has 0 radical (unpaired) electrons. The first kappa shape index (κ1) is 17.5. The predicted molar refractivity (Wildman–Crippen MR) is 105 cm³/mol. The third kappa shape index (κ3) is 3.01. The molecule has 3 aliphatic rings. The number of aliphatic imine (C=N–C) groups is 1. The van der Waals surface area contributed by atoms with Crippen molar-refractivity contribution >= 4 is 11.9 Å². The highest BCUT2D eigenvalue weighted by atomic mass is 16.6. The van der Waals surface area contributed by atoms with Crippen molar-refractivity contribution in [3.05, 3.63) is 41.5 Å². The molecular weight excluding hydrogens is 320 g/mol. The molecule has 2 unspecified atom stereocenters. The van der Waals surface area contributed by atoms with Crippen LogP contribution < -0.4 is 0 Å². The fourth-order valence-corrected chi connectivity index (χ4v) is 5.30. The molecule has 1 aliphatic heterocycles. The average Bonchev–Trinajstić information content (AvgIpc) is 3.51. The molecule has 136 valence electrons. The molecule has 3 nitrogen and oxygen atoms in total. The Hall–Kier alpha value is -1.92. The van der Waals surface area contributed by atoms with E-state index in [2.05, 4.69) is 24.6 Å². The second-order valence-corrected chi connectivity index (χ2v) is 8.94. The van der Waals surface area contributed by atoms with E-state index in [0.717, 1.165) is 30.7 Å². The van der Waals surface area contributed by atoms with Gasteiger partial charge in [0.2, 0.25) is 0 Å². The van der Waals surface area contributed by atoms with Crippen molar-refractivity contribution in [2.45, 2.75) is 64.4 Å². The first-order chi connectivity index (χ1) is 12.4. The van der Waals surface area contributed by atoms with Gasteiger partial charge in [-0.15, -0.1) is 0 Å². The van der Waals surface area contributed by atoms with E-state index in [1.807, 2.05) is 31.3 Å². The molecule has 1 heterocycles. The average molecular weight is 348 g/mol. The Bertz CT molecular complexity index is 808. The molecule has 3 fully saturated rings. The molecule has 4 rings (SSSR count). The Balaban J connectivity index is 1.53. The number of rotatable bonds is 5. The third-order valence-corrected chi connectivity index (χ3v) is 7.02. The van der Waals surface area contributed by atoms with Crippen molar-refractivity contribution in [3.8, 4) is 6.07 Å². The molecule has 2 saturated carbocycles. The van der Waals surface area contributed by atoms with E-state index in [1.165, 1.54) is 37.7 Å². The van der Waals surface area contributed by atoms with Crippen molar-refractivity contribution in [2.24, 2.45) is 15.8 Å². The molecule has 2 atom stereocenters. The Labute approximate surface area is 156 Å². The van der Waals surface area contributed by atoms with Crippen LogP contribution in [-0.2, 0) is 11.2 Å². The van der Waals surface area contributed by atoms with Crippen LogP contribution in [0.1, 0.15) is 63.5 Å². The molecule has 0 N–H and O–H groups in total. The van der Waals surface area contributed by atoms with Crippen molar-refractivity contribution in [1.29, 1.82) is 5.26 Å². The van der Waals surface area contributed by atoms with Gasteiger partial charge in [0.25, 0.3) is 0 Å². The minimum Gasteiger partial charge on any atom is -0.370 e. The zero-order valence-electron chi connectivity index (χ0n) is 16.0. The molecule has 26 heavy (non-hydrogen) atoms. The summed E-state index contributed by atoms with van der Waals surface area (Å²) >= 11 is 0. The Kier molecular flexibility index (Phi) is 4.08. The van der Waals surface area contributed by atoms with Gasteiger partial charge in [-0.2, -0.15) is 5.26 Å². The maximum atomic E-state index is 9.24. The predicted octanol–water partition coefficient (Wildman–Crippen LogP) is 5.51. The van der Waals surface area contributed by atoms with Gasteiger partial charge in [0.15, 0.2) is 0 Å². The quantitative estimate of drug-likeness (QED) is 0.400. The minimum absolute atomic E-state index is 0.182. The first-order valence-electron chi connectivity index (χ1n) is 9.76. The van der Waals surface area contributed by atoms with E-state index in [0.29, 0.717) is 16.4 Å². The summed E-state index contributed by atoms with van der Waals surface area (Å²) in [6.45, 7) is 9.77. The second-order valence-electron chi connectivity index (χ2n) is 8.94. The van der Waals surface area contributed by atoms with Crippen LogP contribution >= 0.6 is 0 Å². The highest BCUT2D eigenvalue weighted by Crippen LogP contribution is 2.71. The minimum atomic E-state index is 0.182. The summed E-state index contributed by atoms with van der Waals surface area (Å²) < 4.78 is 5.85. The molecular formula is C23H28N2O. The van der Waals surface area contributed by atoms with E-state index in [1.54, 1.807) is 0 Å². The van der Waals surface area contributed by atoms with Crippen molar-refractivity contribution < 1.29 is 4.74 Å². The summed E-state index contributed by atoms with van der Waals surface area (Å²) in [5, 5.41) is 9.24. The lowest BCUT2D eigenvalue weighted by Crippen LogP contribution is -2.40. The topological polar surface area (TPSA) is 48.7 Å². The highest BCUT2D eigenvalue weighted by Gasteiger charge is 2.65. The number of epoxide rings is 1. The summed E-state index contributed by atoms with van der Waals surface area (Å²) in [6.07, 6.45) is 10.1. The number of allylic oxidation sites excluding steroid dienone is 1. The van der Waals surface area contributed by atoms with Gasteiger partial charge in [0.05, 0.1) is 29.5 Å². The van der Waals surface area contributed by atoms with Crippen LogP contribution in [-0.4, -0.2) is 18.4 Å². The van der Waals surface area contributed by atoms with E-state index in [-0.39, 0.29) is 5.60 Å². The number of nitriles is 1. The Morgan fingerprint density at radius 2 is 2.08 bits per heavy atom. The number of hydrogen-bond acceptors (Lipinski definition) is 3. The van der Waals surface area contributed by atoms with Gasteiger partial charge < -0.3 is 4.74 Å². The van der Waals surface area contributed by atoms with Crippen LogP contribution in [0.25, 0.3) is 0 Å². The fourth-order valence-electron chi connectivity index (χ4n) is 5.30. The van der Waals surface area contributed by atoms with Gasteiger partial charge in [-0.25, -0.2) is 0 Å². The number of hydrogen-bond donors (Lipinski definition) is 0. The zero-order valence-corrected chi connectivity index (χ0v) is 16.0. The lowest BCUT2D eigenvalue weighted by molar-refractivity contribution is 0.0358. The highest BCUT2D eigenvalue weighted by molar-refractivity contribution is 5.63. The van der Waals surface area contributed by atoms with E-state index < -0.39 is 0 Å².